The number of ketones is 1. The maximum atomic E-state index is 13.5. The van der Waals surface area contributed by atoms with Crippen LogP contribution in [0.2, 0.25) is 0 Å². The molecule has 1 aliphatic carbocycles. The zero-order chi connectivity index (χ0) is 34.5. The van der Waals surface area contributed by atoms with Gasteiger partial charge in [-0.3, -0.25) is 19.0 Å². The number of fused-ring (bicyclic) bond motifs is 1. The predicted octanol–water partition coefficient (Wildman–Crippen LogP) is 5.32. The van der Waals surface area contributed by atoms with Crippen molar-refractivity contribution in [1.82, 2.24) is 25.0 Å². The Balaban J connectivity index is 1.06. The number of hydrogen-bond acceptors (Lipinski definition) is 11. The molecule has 0 bridgehead atoms. The van der Waals surface area contributed by atoms with Crippen LogP contribution in [0.3, 0.4) is 0 Å². The van der Waals surface area contributed by atoms with Crippen LogP contribution in [0.15, 0.2) is 53.6 Å². The molecule has 0 radical (unpaired) electrons. The van der Waals surface area contributed by atoms with Crippen LogP contribution >= 0.6 is 0 Å². The number of rotatable bonds is 12. The summed E-state index contributed by atoms with van der Waals surface area (Å²) in [5.74, 6) is 0.356. The summed E-state index contributed by atoms with van der Waals surface area (Å²) in [5.41, 5.74) is 6.02. The van der Waals surface area contributed by atoms with Crippen LogP contribution in [0.1, 0.15) is 84.2 Å². The molecule has 1 aliphatic heterocycles. The monoisotopic (exact) mass is 668 g/mol. The average molecular weight is 669 g/mol. The van der Waals surface area contributed by atoms with E-state index in [1.165, 1.54) is 6.92 Å². The van der Waals surface area contributed by atoms with Gasteiger partial charge in [-0.05, 0) is 81.5 Å². The summed E-state index contributed by atoms with van der Waals surface area (Å²) >= 11 is 0. The second kappa shape index (κ2) is 15.1. The second-order valence-electron chi connectivity index (χ2n) is 12.9. The highest BCUT2D eigenvalue weighted by Gasteiger charge is 2.26. The third kappa shape index (κ3) is 7.73. The largest absolute Gasteiger partial charge is 0.373 e. The molecular formula is C36H44N8O5. The molecule has 6 rings (SSSR count). The van der Waals surface area contributed by atoms with Gasteiger partial charge in [-0.2, -0.15) is 4.98 Å². The predicted molar refractivity (Wildman–Crippen MR) is 189 cm³/mol. The van der Waals surface area contributed by atoms with Gasteiger partial charge in [-0.25, -0.2) is 20.3 Å². The van der Waals surface area contributed by atoms with Gasteiger partial charge in [-0.1, -0.05) is 12.8 Å². The number of Topliss-reactive ketones (excluding diaryl/α,β-unsaturated/α-hetero) is 1. The van der Waals surface area contributed by atoms with Gasteiger partial charge in [0.2, 0.25) is 5.95 Å². The molecule has 1 amide bonds. The van der Waals surface area contributed by atoms with Crippen LogP contribution in [-0.2, 0) is 9.57 Å². The maximum Gasteiger partial charge on any atom is 0.274 e. The van der Waals surface area contributed by atoms with E-state index in [0.29, 0.717) is 40.5 Å². The van der Waals surface area contributed by atoms with Gasteiger partial charge in [0.1, 0.15) is 11.5 Å². The number of nitrogens with one attached hydrogen (secondary N) is 2. The summed E-state index contributed by atoms with van der Waals surface area (Å²) in [6.45, 7) is 5.34. The van der Waals surface area contributed by atoms with Gasteiger partial charge >= 0.3 is 0 Å². The number of nitrogens with zero attached hydrogens (tertiary/aromatic N) is 6. The van der Waals surface area contributed by atoms with Crippen LogP contribution in [-0.4, -0.2) is 71.3 Å². The molecule has 258 valence electrons. The van der Waals surface area contributed by atoms with E-state index in [-0.39, 0.29) is 28.9 Å². The van der Waals surface area contributed by atoms with E-state index >= 15 is 0 Å². The lowest BCUT2D eigenvalue weighted by Gasteiger charge is -2.25. The minimum absolute atomic E-state index is 0.0102. The van der Waals surface area contributed by atoms with Crippen molar-refractivity contribution in [3.8, 4) is 0 Å². The number of hydroxylamine groups is 1. The molecular weight excluding hydrogens is 624 g/mol. The molecule has 49 heavy (non-hydrogen) atoms. The topological polar surface area (TPSA) is 144 Å². The van der Waals surface area contributed by atoms with Crippen molar-refractivity contribution >= 4 is 45.9 Å². The summed E-state index contributed by atoms with van der Waals surface area (Å²) in [7, 11) is 4.02. The molecule has 13 heteroatoms. The standard InChI is InChI=1S/C36H44N8O5/c1-23-29-22-38-36(40-33(29)44(27-9-5-6-10-27)35(47)32(23)24(2)45)39-30-17-16-28(21-37-30)43(4)19-18-42(3)26-14-12-25(13-15-26)34(46)41-49-31-11-7-8-20-48-31/h12-17,21-22,27,31H,5-11,18-20H2,1-4H3,(H,41,46)(H,37,38,39,40). The highest BCUT2D eigenvalue weighted by molar-refractivity contribution is 5.99. The third-order valence-corrected chi connectivity index (χ3v) is 9.44. The molecule has 2 N–H and O–H groups in total. The SMILES string of the molecule is CC(=O)c1c(C)c2cnc(Nc3ccc(N(C)CCN(C)c4ccc(C(=O)NOC5CCCCO5)cc4)cn3)nc2n(C2CCCC2)c1=O. The van der Waals surface area contributed by atoms with Crippen LogP contribution < -0.4 is 26.2 Å². The zero-order valence-electron chi connectivity index (χ0n) is 28.6. The number of pyridine rings is 2. The summed E-state index contributed by atoms with van der Waals surface area (Å²) in [6.07, 6.45) is 9.73. The van der Waals surface area contributed by atoms with Gasteiger partial charge in [0.25, 0.3) is 11.5 Å². The molecule has 2 aliphatic rings. The van der Waals surface area contributed by atoms with Crippen molar-refractivity contribution in [2.24, 2.45) is 0 Å². The lowest BCUT2D eigenvalue weighted by molar-refractivity contribution is -0.186. The molecule has 4 heterocycles. The lowest BCUT2D eigenvalue weighted by atomic mass is 10.0. The van der Waals surface area contributed by atoms with Gasteiger partial charge in [0.15, 0.2) is 12.1 Å². The first-order valence-corrected chi connectivity index (χ1v) is 17.0. The fourth-order valence-electron chi connectivity index (χ4n) is 6.52. The molecule has 0 spiro atoms. The van der Waals surface area contributed by atoms with Crippen molar-refractivity contribution in [2.75, 3.05) is 48.9 Å². The van der Waals surface area contributed by atoms with Crippen molar-refractivity contribution in [1.29, 1.82) is 0 Å². The van der Waals surface area contributed by atoms with Gasteiger partial charge in [0, 0.05) is 69.1 Å². The first-order valence-electron chi connectivity index (χ1n) is 17.0. The smallest absolute Gasteiger partial charge is 0.274 e. The summed E-state index contributed by atoms with van der Waals surface area (Å²) < 4.78 is 7.20. The number of aromatic nitrogens is 4. The summed E-state index contributed by atoms with van der Waals surface area (Å²) in [6, 6.07) is 11.2. The maximum absolute atomic E-state index is 13.5. The molecule has 1 aromatic carbocycles. The number of likely N-dealkylation sites (N-methyl/N-ethyl adjacent to an activating group) is 2. The molecule has 1 saturated carbocycles. The number of aryl methyl sites for hydroxylation is 1. The average Bonchev–Trinajstić information content (AvgIpc) is 3.64. The van der Waals surface area contributed by atoms with E-state index in [2.05, 4.69) is 30.6 Å². The van der Waals surface area contributed by atoms with E-state index in [4.69, 9.17) is 14.6 Å². The number of amides is 1. The van der Waals surface area contributed by atoms with Crippen LogP contribution in [0.25, 0.3) is 11.0 Å². The van der Waals surface area contributed by atoms with Gasteiger partial charge < -0.3 is 19.9 Å². The Kier molecular flexibility index (Phi) is 10.5. The number of anilines is 4. The minimum Gasteiger partial charge on any atom is -0.373 e. The summed E-state index contributed by atoms with van der Waals surface area (Å²) in [4.78, 5) is 61.9. The first kappa shape index (κ1) is 34.0. The third-order valence-electron chi connectivity index (χ3n) is 9.44. The highest BCUT2D eigenvalue weighted by Crippen LogP contribution is 2.32. The Morgan fingerprint density at radius 1 is 0.939 bits per heavy atom. The number of benzene rings is 1. The quantitative estimate of drug-likeness (QED) is 0.150. The minimum atomic E-state index is -0.391. The molecule has 1 atom stereocenters. The fourth-order valence-corrected chi connectivity index (χ4v) is 6.52. The number of ether oxygens (including phenoxy) is 1. The van der Waals surface area contributed by atoms with E-state index in [0.717, 1.165) is 69.4 Å². The Hall–Kier alpha value is -4.88. The number of hydrogen-bond donors (Lipinski definition) is 2. The Morgan fingerprint density at radius 2 is 1.63 bits per heavy atom. The second-order valence-corrected chi connectivity index (χ2v) is 12.9. The molecule has 1 unspecified atom stereocenters. The Bertz CT molecular complexity index is 1850. The Morgan fingerprint density at radius 3 is 2.29 bits per heavy atom. The van der Waals surface area contributed by atoms with Crippen molar-refractivity contribution in [3.05, 3.63) is 75.8 Å². The normalized spacial score (nSPS) is 16.4. The van der Waals surface area contributed by atoms with Crippen molar-refractivity contribution < 1.29 is 19.2 Å². The van der Waals surface area contributed by atoms with E-state index in [9.17, 15) is 14.4 Å². The molecule has 13 nitrogen and oxygen atoms in total. The van der Waals surface area contributed by atoms with Crippen LogP contribution in [0.5, 0.6) is 0 Å². The molecule has 1 saturated heterocycles. The molecule has 3 aromatic heterocycles. The van der Waals surface area contributed by atoms with Gasteiger partial charge in [-0.15, -0.1) is 0 Å². The fraction of sp³-hybridized carbons (Fsp3) is 0.444. The molecule has 2 fully saturated rings. The highest BCUT2D eigenvalue weighted by atomic mass is 16.8. The zero-order valence-corrected chi connectivity index (χ0v) is 28.6. The van der Waals surface area contributed by atoms with E-state index in [1.54, 1.807) is 36.0 Å². The lowest BCUT2D eigenvalue weighted by Crippen LogP contribution is -2.33. The summed E-state index contributed by atoms with van der Waals surface area (Å²) in [5, 5.41) is 3.88. The number of carbonyl (C=O) groups excluding carboxylic acids is 2. The van der Waals surface area contributed by atoms with Crippen LogP contribution in [0.4, 0.5) is 23.1 Å². The molecule has 4 aromatic rings. The van der Waals surface area contributed by atoms with Crippen molar-refractivity contribution in [2.45, 2.75) is 71.1 Å². The number of carbonyl (C=O) groups is 2. The van der Waals surface area contributed by atoms with Crippen LogP contribution in [0, 0.1) is 6.92 Å². The van der Waals surface area contributed by atoms with E-state index in [1.807, 2.05) is 38.4 Å². The van der Waals surface area contributed by atoms with Gasteiger partial charge in [0.05, 0.1) is 17.4 Å². The van der Waals surface area contributed by atoms with E-state index < -0.39 is 6.29 Å². The van der Waals surface area contributed by atoms with Crippen molar-refractivity contribution in [3.63, 3.8) is 0 Å². The Labute approximate surface area is 285 Å². The first-order chi connectivity index (χ1) is 23.7.